The van der Waals surface area contributed by atoms with Crippen LogP contribution in [0.4, 0.5) is 0 Å². The molecule has 2 heterocycles. The highest BCUT2D eigenvalue weighted by Gasteiger charge is 2.35. The second-order valence-electron chi connectivity index (χ2n) is 8.82. The lowest BCUT2D eigenvalue weighted by Crippen LogP contribution is -2.50. The van der Waals surface area contributed by atoms with Gasteiger partial charge in [-0.15, -0.1) is 0 Å². The molecule has 2 aromatic rings. The number of hydrogen-bond acceptors (Lipinski definition) is 4. The van der Waals surface area contributed by atoms with Gasteiger partial charge in [-0.3, -0.25) is 4.79 Å². The highest BCUT2D eigenvalue weighted by Crippen LogP contribution is 2.40. The first kappa shape index (κ1) is 20.5. The van der Waals surface area contributed by atoms with Gasteiger partial charge in [0.15, 0.2) is 0 Å². The normalized spacial score (nSPS) is 23.4. The van der Waals surface area contributed by atoms with Crippen molar-refractivity contribution in [2.75, 3.05) is 26.2 Å². The van der Waals surface area contributed by atoms with Crippen LogP contribution < -0.4 is 4.74 Å². The second kappa shape index (κ2) is 7.64. The summed E-state index contributed by atoms with van der Waals surface area (Å²) in [4.78, 5) is 15.3. The number of para-hydroxylation sites is 1. The molecule has 1 saturated heterocycles. The van der Waals surface area contributed by atoms with Gasteiger partial charge in [0.05, 0.1) is 10.5 Å². The zero-order valence-corrected chi connectivity index (χ0v) is 18.8. The summed E-state index contributed by atoms with van der Waals surface area (Å²) in [6.07, 6.45) is 3.10. The molecule has 0 spiro atoms. The van der Waals surface area contributed by atoms with Gasteiger partial charge in [-0.05, 0) is 55.5 Å². The van der Waals surface area contributed by atoms with Crippen LogP contribution in [-0.4, -0.2) is 55.8 Å². The lowest BCUT2D eigenvalue weighted by atomic mass is 9.96. The number of aryl methyl sites for hydroxylation is 2. The average molecular weight is 441 g/mol. The number of ether oxygens (including phenoxy) is 1. The van der Waals surface area contributed by atoms with Gasteiger partial charge in [-0.1, -0.05) is 25.1 Å². The molecule has 0 N–H and O–H groups in total. The molecule has 0 radical (unpaired) electrons. The average Bonchev–Trinajstić information content (AvgIpc) is 3.37. The Morgan fingerprint density at radius 2 is 1.74 bits per heavy atom. The molecule has 0 unspecified atom stereocenters. The third-order valence-electron chi connectivity index (χ3n) is 7.01. The van der Waals surface area contributed by atoms with E-state index in [4.69, 9.17) is 4.74 Å². The molecule has 6 nitrogen and oxygen atoms in total. The van der Waals surface area contributed by atoms with Crippen molar-refractivity contribution in [3.05, 3.63) is 58.7 Å². The molecule has 1 amide bonds. The van der Waals surface area contributed by atoms with E-state index in [0.29, 0.717) is 42.4 Å². The van der Waals surface area contributed by atoms with Crippen molar-refractivity contribution in [3.8, 4) is 5.75 Å². The summed E-state index contributed by atoms with van der Waals surface area (Å²) in [6.45, 7) is 5.46. The van der Waals surface area contributed by atoms with Gasteiger partial charge >= 0.3 is 0 Å². The van der Waals surface area contributed by atoms with E-state index in [-0.39, 0.29) is 17.9 Å². The van der Waals surface area contributed by atoms with E-state index >= 15 is 0 Å². The molecule has 5 rings (SSSR count). The van der Waals surface area contributed by atoms with Crippen LogP contribution in [0.15, 0.2) is 41.3 Å². The minimum Gasteiger partial charge on any atom is -0.489 e. The van der Waals surface area contributed by atoms with E-state index in [0.717, 1.165) is 30.4 Å². The Morgan fingerprint density at radius 1 is 1.00 bits per heavy atom. The Balaban J connectivity index is 1.31. The summed E-state index contributed by atoms with van der Waals surface area (Å²) in [5.41, 5.74) is 4.05. The third kappa shape index (κ3) is 3.44. The van der Waals surface area contributed by atoms with Gasteiger partial charge in [0.25, 0.3) is 5.91 Å². The number of benzene rings is 2. The summed E-state index contributed by atoms with van der Waals surface area (Å²) < 4.78 is 33.8. The molecule has 1 fully saturated rings. The molecule has 0 aromatic heterocycles. The number of carbonyl (C=O) groups is 1. The van der Waals surface area contributed by atoms with Crippen molar-refractivity contribution < 1.29 is 17.9 Å². The minimum absolute atomic E-state index is 0.0401. The Labute approximate surface area is 183 Å². The Kier molecular flexibility index (Phi) is 5.06. The van der Waals surface area contributed by atoms with E-state index in [1.807, 2.05) is 31.2 Å². The molecule has 0 bridgehead atoms. The van der Waals surface area contributed by atoms with Crippen LogP contribution in [-0.2, 0) is 22.9 Å². The summed E-state index contributed by atoms with van der Waals surface area (Å²) in [5, 5.41) is 0. The summed E-state index contributed by atoms with van der Waals surface area (Å²) in [6, 6.07) is 11.2. The first-order valence-corrected chi connectivity index (χ1v) is 12.5. The topological polar surface area (TPSA) is 66.9 Å². The van der Waals surface area contributed by atoms with Crippen LogP contribution in [0.1, 0.15) is 53.2 Å². The molecule has 0 saturated carbocycles. The molecular weight excluding hydrogens is 412 g/mol. The van der Waals surface area contributed by atoms with Gasteiger partial charge in [0.1, 0.15) is 11.9 Å². The van der Waals surface area contributed by atoms with Crippen molar-refractivity contribution in [1.82, 2.24) is 9.21 Å². The van der Waals surface area contributed by atoms with Crippen LogP contribution in [0.3, 0.4) is 0 Å². The van der Waals surface area contributed by atoms with Crippen LogP contribution >= 0.6 is 0 Å². The third-order valence-corrected chi connectivity index (χ3v) is 8.90. The number of amides is 1. The van der Waals surface area contributed by atoms with Crippen molar-refractivity contribution in [2.45, 2.75) is 50.0 Å². The lowest BCUT2D eigenvalue weighted by molar-refractivity contribution is 0.0692. The molecule has 7 heteroatoms. The van der Waals surface area contributed by atoms with Gasteiger partial charge in [-0.2, -0.15) is 4.31 Å². The molecule has 3 aliphatic rings. The van der Waals surface area contributed by atoms with Crippen molar-refractivity contribution >= 4 is 15.9 Å². The van der Waals surface area contributed by atoms with Crippen LogP contribution in [0.5, 0.6) is 5.75 Å². The van der Waals surface area contributed by atoms with E-state index in [1.54, 1.807) is 17.0 Å². The highest BCUT2D eigenvalue weighted by molar-refractivity contribution is 7.89. The monoisotopic (exact) mass is 440 g/mol. The number of sulfonamides is 1. The van der Waals surface area contributed by atoms with E-state index in [2.05, 4.69) is 6.92 Å². The Bertz CT molecular complexity index is 1140. The fraction of sp³-hybridized carbons (Fsp3) is 0.458. The summed E-state index contributed by atoms with van der Waals surface area (Å²) >= 11 is 0. The molecule has 31 heavy (non-hydrogen) atoms. The maximum Gasteiger partial charge on any atom is 0.257 e. The quantitative estimate of drug-likeness (QED) is 0.735. The highest BCUT2D eigenvalue weighted by atomic mass is 32.2. The van der Waals surface area contributed by atoms with Gasteiger partial charge in [0, 0.05) is 37.7 Å². The number of piperazine rings is 1. The number of carbonyl (C=O) groups excluding carboxylic acids is 1. The summed E-state index contributed by atoms with van der Waals surface area (Å²) in [7, 11) is -3.55. The van der Waals surface area contributed by atoms with Gasteiger partial charge in [0.2, 0.25) is 10.0 Å². The fourth-order valence-corrected chi connectivity index (χ4v) is 6.39. The number of nitrogens with zero attached hydrogens (tertiary/aromatic N) is 2. The van der Waals surface area contributed by atoms with Crippen LogP contribution in [0.25, 0.3) is 0 Å². The molecule has 2 aliphatic heterocycles. The van der Waals surface area contributed by atoms with Crippen molar-refractivity contribution in [3.63, 3.8) is 0 Å². The van der Waals surface area contributed by atoms with E-state index in [1.165, 1.54) is 9.87 Å². The van der Waals surface area contributed by atoms with Crippen LogP contribution in [0, 0.1) is 0 Å². The first-order chi connectivity index (χ1) is 14.9. The zero-order chi connectivity index (χ0) is 21.8. The Morgan fingerprint density at radius 3 is 2.52 bits per heavy atom. The van der Waals surface area contributed by atoms with E-state index < -0.39 is 10.0 Å². The van der Waals surface area contributed by atoms with E-state index in [9.17, 15) is 13.2 Å². The van der Waals surface area contributed by atoms with Crippen molar-refractivity contribution in [1.29, 1.82) is 0 Å². The predicted octanol–water partition coefficient (Wildman–Crippen LogP) is 3.21. The maximum absolute atomic E-state index is 13.2. The van der Waals surface area contributed by atoms with Gasteiger partial charge < -0.3 is 9.64 Å². The largest absolute Gasteiger partial charge is 0.489 e. The smallest absolute Gasteiger partial charge is 0.257 e. The second-order valence-corrected chi connectivity index (χ2v) is 10.8. The van der Waals surface area contributed by atoms with Gasteiger partial charge in [-0.25, -0.2) is 8.42 Å². The predicted molar refractivity (Wildman–Crippen MR) is 118 cm³/mol. The maximum atomic E-state index is 13.2. The standard InChI is InChI=1S/C24H28N2O4S/c1-16-17(2)30-23-21(16)7-4-8-22(23)24(27)25-11-13-26(14-12-25)31(28,29)20-10-9-18-5-3-6-19(18)15-20/h4,7-10,15-17H,3,5-6,11-14H2,1-2H3/t16-,17+/m0/s1. The first-order valence-electron chi connectivity index (χ1n) is 11.1. The minimum atomic E-state index is -3.55. The van der Waals surface area contributed by atoms with Crippen molar-refractivity contribution in [2.24, 2.45) is 0 Å². The summed E-state index contributed by atoms with van der Waals surface area (Å²) in [5.74, 6) is 0.838. The number of rotatable bonds is 3. The fourth-order valence-electron chi connectivity index (χ4n) is 4.91. The lowest BCUT2D eigenvalue weighted by Gasteiger charge is -2.34. The zero-order valence-electron chi connectivity index (χ0n) is 18.0. The molecular formula is C24H28N2O4S. The molecule has 1 aliphatic carbocycles. The molecule has 2 aromatic carbocycles. The van der Waals surface area contributed by atoms with Crippen LogP contribution in [0.2, 0.25) is 0 Å². The SMILES string of the molecule is C[C@@H]1c2cccc(C(=O)N3CCN(S(=O)(=O)c4ccc5c(c4)CCC5)CC3)c2O[C@@H]1C. The molecule has 164 valence electrons. The number of hydrogen-bond donors (Lipinski definition) is 0. The number of fused-ring (bicyclic) bond motifs is 2. The molecule has 2 atom stereocenters. The Hall–Kier alpha value is -2.38.